The standard InChI is InChI=1S/C23H39NO2Si/c1-22-13-11-17(26-27(4,5)6)15-16(22)7-8-18-19-9-10-21(24-25-3)23(19,2)14-12-20(18)22/h15,17-20H,7-14H2,1-6H3/b24-21+/t17-,18?,19?,20?,22-,23-/m0/s1. The van der Waals surface area contributed by atoms with Crippen LogP contribution in [0.25, 0.3) is 0 Å². The van der Waals surface area contributed by atoms with Gasteiger partial charge in [0.05, 0.1) is 11.8 Å². The van der Waals surface area contributed by atoms with E-state index < -0.39 is 8.32 Å². The van der Waals surface area contributed by atoms with Crippen LogP contribution in [0.4, 0.5) is 0 Å². The number of allylic oxidation sites excluding steroid dienone is 1. The summed E-state index contributed by atoms with van der Waals surface area (Å²) in [5.74, 6) is 2.52. The van der Waals surface area contributed by atoms with E-state index in [1.807, 2.05) is 0 Å². The molecular weight excluding hydrogens is 350 g/mol. The maximum absolute atomic E-state index is 6.47. The highest BCUT2D eigenvalue weighted by molar-refractivity contribution is 6.69. The fourth-order valence-corrected chi connectivity index (χ4v) is 8.39. The summed E-state index contributed by atoms with van der Waals surface area (Å²) >= 11 is 0. The maximum atomic E-state index is 6.47. The van der Waals surface area contributed by atoms with Crippen LogP contribution in [-0.2, 0) is 9.26 Å². The third-order valence-electron chi connectivity index (χ3n) is 8.52. The van der Waals surface area contributed by atoms with E-state index in [0.29, 0.717) is 11.5 Å². The van der Waals surface area contributed by atoms with E-state index in [1.54, 1.807) is 12.7 Å². The second-order valence-corrected chi connectivity index (χ2v) is 15.5. The van der Waals surface area contributed by atoms with Crippen LogP contribution in [0.3, 0.4) is 0 Å². The molecule has 0 radical (unpaired) electrons. The monoisotopic (exact) mass is 389 g/mol. The molecule has 152 valence electrons. The molecule has 0 aromatic heterocycles. The van der Waals surface area contributed by atoms with Gasteiger partial charge in [-0.15, -0.1) is 0 Å². The summed E-state index contributed by atoms with van der Waals surface area (Å²) in [5, 5.41) is 4.45. The van der Waals surface area contributed by atoms with Gasteiger partial charge in [-0.25, -0.2) is 0 Å². The van der Waals surface area contributed by atoms with Crippen LogP contribution in [0.2, 0.25) is 19.6 Å². The van der Waals surface area contributed by atoms with Crippen LogP contribution in [-0.4, -0.2) is 27.2 Å². The molecule has 3 fully saturated rings. The lowest BCUT2D eigenvalue weighted by Crippen LogP contribution is -2.51. The highest BCUT2D eigenvalue weighted by Crippen LogP contribution is 2.64. The van der Waals surface area contributed by atoms with E-state index in [-0.39, 0.29) is 5.41 Å². The Labute approximate surface area is 167 Å². The highest BCUT2D eigenvalue weighted by Gasteiger charge is 2.58. The van der Waals surface area contributed by atoms with Gasteiger partial charge in [-0.05, 0) is 94.2 Å². The van der Waals surface area contributed by atoms with E-state index in [1.165, 1.54) is 50.7 Å². The van der Waals surface area contributed by atoms with E-state index >= 15 is 0 Å². The summed E-state index contributed by atoms with van der Waals surface area (Å²) in [6.45, 7) is 12.0. The highest BCUT2D eigenvalue weighted by atomic mass is 28.4. The zero-order valence-corrected chi connectivity index (χ0v) is 19.3. The average molecular weight is 390 g/mol. The first-order valence-corrected chi connectivity index (χ1v) is 14.6. The molecule has 3 saturated carbocycles. The Morgan fingerprint density at radius 1 is 0.963 bits per heavy atom. The van der Waals surface area contributed by atoms with Crippen LogP contribution >= 0.6 is 0 Å². The zero-order valence-electron chi connectivity index (χ0n) is 18.3. The summed E-state index contributed by atoms with van der Waals surface area (Å²) in [4.78, 5) is 5.20. The van der Waals surface area contributed by atoms with E-state index in [0.717, 1.165) is 24.2 Å². The number of hydrogen-bond donors (Lipinski definition) is 0. The molecule has 4 aliphatic rings. The first-order valence-electron chi connectivity index (χ1n) is 11.2. The number of rotatable bonds is 3. The summed E-state index contributed by atoms with van der Waals surface area (Å²) < 4.78 is 6.47. The smallest absolute Gasteiger partial charge is 0.184 e. The van der Waals surface area contributed by atoms with Crippen molar-refractivity contribution in [3.05, 3.63) is 11.6 Å². The van der Waals surface area contributed by atoms with Crippen LogP contribution < -0.4 is 0 Å². The molecular formula is C23H39NO2Si. The molecule has 3 nitrogen and oxygen atoms in total. The van der Waals surface area contributed by atoms with Crippen molar-refractivity contribution in [2.45, 2.75) is 91.0 Å². The van der Waals surface area contributed by atoms with E-state index in [2.05, 4.69) is 44.7 Å². The van der Waals surface area contributed by atoms with Crippen molar-refractivity contribution in [1.29, 1.82) is 0 Å². The third-order valence-corrected chi connectivity index (χ3v) is 9.53. The maximum Gasteiger partial charge on any atom is 0.184 e. The van der Waals surface area contributed by atoms with E-state index in [4.69, 9.17) is 9.26 Å². The number of hydrogen-bond acceptors (Lipinski definition) is 3. The van der Waals surface area contributed by atoms with Gasteiger partial charge in [-0.1, -0.05) is 30.7 Å². The Bertz CT molecular complexity index is 651. The summed E-state index contributed by atoms with van der Waals surface area (Å²) in [6, 6.07) is 0. The molecule has 4 rings (SSSR count). The van der Waals surface area contributed by atoms with Gasteiger partial charge in [0.2, 0.25) is 0 Å². The van der Waals surface area contributed by atoms with Crippen molar-refractivity contribution in [2.24, 2.45) is 33.7 Å². The van der Waals surface area contributed by atoms with Gasteiger partial charge >= 0.3 is 0 Å². The van der Waals surface area contributed by atoms with Gasteiger partial charge in [-0.3, -0.25) is 0 Å². The lowest BCUT2D eigenvalue weighted by Gasteiger charge is -2.57. The van der Waals surface area contributed by atoms with Gasteiger partial charge < -0.3 is 9.26 Å². The molecule has 6 atom stereocenters. The minimum Gasteiger partial charge on any atom is -0.411 e. The molecule has 0 amide bonds. The fourth-order valence-electron chi connectivity index (χ4n) is 7.29. The Balaban J connectivity index is 1.58. The van der Waals surface area contributed by atoms with Gasteiger partial charge in [0.15, 0.2) is 8.32 Å². The molecule has 0 saturated heterocycles. The molecule has 0 bridgehead atoms. The minimum absolute atomic E-state index is 0.285. The van der Waals surface area contributed by atoms with Gasteiger partial charge in [0.1, 0.15) is 7.11 Å². The van der Waals surface area contributed by atoms with Crippen LogP contribution in [0.5, 0.6) is 0 Å². The van der Waals surface area contributed by atoms with Crippen molar-refractivity contribution in [3.8, 4) is 0 Å². The minimum atomic E-state index is -1.47. The van der Waals surface area contributed by atoms with Crippen molar-refractivity contribution in [2.75, 3.05) is 7.11 Å². The Hall–Kier alpha value is -0.613. The molecule has 0 aromatic rings. The normalized spacial score (nSPS) is 45.7. The predicted molar refractivity (Wildman–Crippen MR) is 114 cm³/mol. The topological polar surface area (TPSA) is 30.8 Å². The number of oxime groups is 1. The lowest BCUT2D eigenvalue weighted by atomic mass is 9.47. The van der Waals surface area contributed by atoms with Crippen molar-refractivity contribution < 1.29 is 9.26 Å². The van der Waals surface area contributed by atoms with Crippen LogP contribution in [0.15, 0.2) is 16.8 Å². The van der Waals surface area contributed by atoms with Crippen LogP contribution in [0.1, 0.15) is 65.2 Å². The summed E-state index contributed by atoms with van der Waals surface area (Å²) in [6.07, 6.45) is 13.2. The van der Waals surface area contributed by atoms with Crippen LogP contribution in [0, 0.1) is 28.6 Å². The van der Waals surface area contributed by atoms with Crippen molar-refractivity contribution in [3.63, 3.8) is 0 Å². The Morgan fingerprint density at radius 3 is 2.37 bits per heavy atom. The van der Waals surface area contributed by atoms with E-state index in [9.17, 15) is 0 Å². The molecule has 0 aromatic carbocycles. The predicted octanol–water partition coefficient (Wildman–Crippen LogP) is 6.17. The fraction of sp³-hybridized carbons (Fsp3) is 0.870. The molecule has 4 heteroatoms. The Morgan fingerprint density at radius 2 is 1.67 bits per heavy atom. The Kier molecular flexibility index (Phi) is 4.90. The largest absolute Gasteiger partial charge is 0.411 e. The van der Waals surface area contributed by atoms with Gasteiger partial charge in [0, 0.05) is 5.41 Å². The molecule has 0 N–H and O–H groups in total. The second kappa shape index (κ2) is 6.72. The molecule has 0 spiro atoms. The summed E-state index contributed by atoms with van der Waals surface area (Å²) in [7, 11) is 0.231. The quantitative estimate of drug-likeness (QED) is 0.328. The number of fused-ring (bicyclic) bond motifs is 5. The zero-order chi connectivity index (χ0) is 19.4. The lowest BCUT2D eigenvalue weighted by molar-refractivity contribution is -0.0248. The molecule has 0 aliphatic heterocycles. The average Bonchev–Trinajstić information content (AvgIpc) is 2.91. The number of nitrogens with zero attached hydrogens (tertiary/aromatic N) is 1. The molecule has 4 aliphatic carbocycles. The SMILES string of the molecule is CO/N=C1\CCC2C3CCC4=C[C@@H](O[Si](C)(C)C)CC[C@]4(C)C3CC[C@]12C. The molecule has 27 heavy (non-hydrogen) atoms. The second-order valence-electron chi connectivity index (χ2n) is 11.0. The first kappa shape index (κ1) is 19.7. The van der Waals surface area contributed by atoms with Crippen molar-refractivity contribution >= 4 is 14.0 Å². The third kappa shape index (κ3) is 3.25. The van der Waals surface area contributed by atoms with Gasteiger partial charge in [-0.2, -0.15) is 0 Å². The van der Waals surface area contributed by atoms with Crippen molar-refractivity contribution in [1.82, 2.24) is 0 Å². The first-order chi connectivity index (χ1) is 12.7. The van der Waals surface area contributed by atoms with Gasteiger partial charge in [0.25, 0.3) is 0 Å². The molecule has 3 unspecified atom stereocenters. The molecule has 0 heterocycles. The summed E-state index contributed by atoms with van der Waals surface area (Å²) in [5.41, 5.74) is 3.76.